The van der Waals surface area contributed by atoms with Crippen LogP contribution in [0.4, 0.5) is 0 Å². The van der Waals surface area contributed by atoms with Crippen molar-refractivity contribution < 1.29 is 9.59 Å². The van der Waals surface area contributed by atoms with Crippen molar-refractivity contribution in [2.75, 3.05) is 26.2 Å². The highest BCUT2D eigenvalue weighted by Gasteiger charge is 2.21. The molecule has 0 atom stereocenters. The monoisotopic (exact) mass is 318 g/mol. The lowest BCUT2D eigenvalue weighted by molar-refractivity contribution is -0.130. The van der Waals surface area contributed by atoms with Gasteiger partial charge in [0, 0.05) is 38.8 Å². The summed E-state index contributed by atoms with van der Waals surface area (Å²) in [6, 6.07) is 0. The van der Waals surface area contributed by atoms with Gasteiger partial charge in [-0.3, -0.25) is 14.6 Å². The molecule has 0 N–H and O–H groups in total. The highest BCUT2D eigenvalue weighted by atomic mass is 16.2. The van der Waals surface area contributed by atoms with Crippen LogP contribution in [0.3, 0.4) is 0 Å². The van der Waals surface area contributed by atoms with E-state index < -0.39 is 0 Å². The van der Waals surface area contributed by atoms with Crippen LogP contribution in [0.15, 0.2) is 12.4 Å². The summed E-state index contributed by atoms with van der Waals surface area (Å²) in [5.41, 5.74) is 1.13. The highest BCUT2D eigenvalue weighted by molar-refractivity contribution is 5.92. The Bertz CT molecular complexity index is 524. The molecule has 23 heavy (non-hydrogen) atoms. The van der Waals surface area contributed by atoms with E-state index in [1.165, 1.54) is 6.20 Å². The minimum atomic E-state index is -0.139. The molecule has 6 nitrogen and oxygen atoms in total. The van der Waals surface area contributed by atoms with Crippen LogP contribution in [0.1, 0.15) is 55.2 Å². The summed E-state index contributed by atoms with van der Waals surface area (Å²) in [5.74, 6) is 0.00645. The molecule has 0 saturated carbocycles. The number of likely N-dealkylation sites (tertiary alicyclic amines) is 1. The van der Waals surface area contributed by atoms with E-state index in [0.717, 1.165) is 44.5 Å². The Labute approximate surface area is 137 Å². The molecule has 1 aliphatic rings. The standard InChI is InChI=1S/C17H26N4O2/c1-3-4-8-21(11-7-16(22)20-9-5-6-10-20)17(23)15-13-18-14(2)12-19-15/h12-13H,3-11H2,1-2H3. The van der Waals surface area contributed by atoms with Crippen LogP contribution >= 0.6 is 0 Å². The third kappa shape index (κ3) is 5.01. The van der Waals surface area contributed by atoms with E-state index in [1.54, 1.807) is 11.1 Å². The second kappa shape index (κ2) is 8.60. The minimum absolute atomic E-state index is 0.139. The number of carbonyl (C=O) groups excluding carboxylic acids is 2. The largest absolute Gasteiger partial charge is 0.343 e. The van der Waals surface area contributed by atoms with Crippen LogP contribution in [0.25, 0.3) is 0 Å². The molecule has 2 heterocycles. The van der Waals surface area contributed by atoms with Crippen LogP contribution < -0.4 is 0 Å². The van der Waals surface area contributed by atoms with E-state index in [9.17, 15) is 9.59 Å². The van der Waals surface area contributed by atoms with Gasteiger partial charge in [0.05, 0.1) is 11.9 Å². The Morgan fingerprint density at radius 1 is 1.17 bits per heavy atom. The van der Waals surface area contributed by atoms with Gasteiger partial charge in [0.15, 0.2) is 0 Å². The second-order valence-electron chi connectivity index (χ2n) is 6.03. The minimum Gasteiger partial charge on any atom is -0.343 e. The Morgan fingerprint density at radius 2 is 1.91 bits per heavy atom. The zero-order chi connectivity index (χ0) is 16.7. The van der Waals surface area contributed by atoms with E-state index in [-0.39, 0.29) is 11.8 Å². The van der Waals surface area contributed by atoms with E-state index in [0.29, 0.717) is 25.2 Å². The van der Waals surface area contributed by atoms with E-state index in [2.05, 4.69) is 16.9 Å². The van der Waals surface area contributed by atoms with Gasteiger partial charge in [-0.25, -0.2) is 4.98 Å². The molecular formula is C17H26N4O2. The van der Waals surface area contributed by atoms with Crippen molar-refractivity contribution in [3.63, 3.8) is 0 Å². The summed E-state index contributed by atoms with van der Waals surface area (Å²) in [5, 5.41) is 0. The zero-order valence-electron chi connectivity index (χ0n) is 14.1. The van der Waals surface area contributed by atoms with Gasteiger partial charge in [0.2, 0.25) is 5.91 Å². The molecule has 6 heteroatoms. The van der Waals surface area contributed by atoms with Gasteiger partial charge in [-0.2, -0.15) is 0 Å². The predicted molar refractivity (Wildman–Crippen MR) is 88.0 cm³/mol. The Kier molecular flexibility index (Phi) is 6.50. The Morgan fingerprint density at radius 3 is 2.52 bits per heavy atom. The van der Waals surface area contributed by atoms with Crippen molar-refractivity contribution in [1.82, 2.24) is 19.8 Å². The fourth-order valence-corrected chi connectivity index (χ4v) is 2.68. The fraction of sp³-hybridized carbons (Fsp3) is 0.647. The maximum Gasteiger partial charge on any atom is 0.274 e. The molecule has 2 rings (SSSR count). The van der Waals surface area contributed by atoms with Crippen molar-refractivity contribution in [3.8, 4) is 0 Å². The number of amides is 2. The molecule has 0 unspecified atom stereocenters. The number of rotatable bonds is 7. The first-order valence-electron chi connectivity index (χ1n) is 8.47. The second-order valence-corrected chi connectivity index (χ2v) is 6.03. The first kappa shape index (κ1) is 17.4. The van der Waals surface area contributed by atoms with Crippen LogP contribution in [0, 0.1) is 6.92 Å². The van der Waals surface area contributed by atoms with Crippen LogP contribution in [-0.2, 0) is 4.79 Å². The van der Waals surface area contributed by atoms with Gasteiger partial charge in [-0.15, -0.1) is 0 Å². The van der Waals surface area contributed by atoms with E-state index >= 15 is 0 Å². The molecule has 1 aromatic rings. The van der Waals surface area contributed by atoms with Crippen molar-refractivity contribution in [2.45, 2.75) is 46.0 Å². The molecule has 126 valence electrons. The zero-order valence-corrected chi connectivity index (χ0v) is 14.1. The molecule has 1 fully saturated rings. The average Bonchev–Trinajstić information content (AvgIpc) is 3.09. The van der Waals surface area contributed by atoms with Crippen molar-refractivity contribution in [2.24, 2.45) is 0 Å². The lowest BCUT2D eigenvalue weighted by Gasteiger charge is -2.23. The summed E-state index contributed by atoms with van der Waals surface area (Å²) in [7, 11) is 0. The fourth-order valence-electron chi connectivity index (χ4n) is 2.68. The number of carbonyl (C=O) groups is 2. The molecule has 1 saturated heterocycles. The van der Waals surface area contributed by atoms with Crippen molar-refractivity contribution >= 4 is 11.8 Å². The third-order valence-electron chi connectivity index (χ3n) is 4.12. The molecule has 0 aliphatic carbocycles. The highest BCUT2D eigenvalue weighted by Crippen LogP contribution is 2.10. The quantitative estimate of drug-likeness (QED) is 0.771. The topological polar surface area (TPSA) is 66.4 Å². The number of hydrogen-bond donors (Lipinski definition) is 0. The number of unbranched alkanes of at least 4 members (excludes halogenated alkanes) is 1. The van der Waals surface area contributed by atoms with E-state index in [1.807, 2.05) is 11.8 Å². The van der Waals surface area contributed by atoms with Gasteiger partial charge >= 0.3 is 0 Å². The van der Waals surface area contributed by atoms with Gasteiger partial charge < -0.3 is 9.80 Å². The Balaban J connectivity index is 1.96. The molecule has 0 bridgehead atoms. The summed E-state index contributed by atoms with van der Waals surface area (Å²) < 4.78 is 0. The number of hydrogen-bond acceptors (Lipinski definition) is 4. The number of aromatic nitrogens is 2. The molecular weight excluding hydrogens is 292 g/mol. The smallest absolute Gasteiger partial charge is 0.274 e. The van der Waals surface area contributed by atoms with Crippen molar-refractivity contribution in [3.05, 3.63) is 23.8 Å². The van der Waals surface area contributed by atoms with Crippen molar-refractivity contribution in [1.29, 1.82) is 0 Å². The summed E-state index contributed by atoms with van der Waals surface area (Å²) in [4.78, 5) is 36.7. The average molecular weight is 318 g/mol. The molecule has 0 spiro atoms. The van der Waals surface area contributed by atoms with Gasteiger partial charge in [0.1, 0.15) is 5.69 Å². The van der Waals surface area contributed by atoms with Gasteiger partial charge in [-0.1, -0.05) is 13.3 Å². The van der Waals surface area contributed by atoms with E-state index in [4.69, 9.17) is 0 Å². The maximum atomic E-state index is 12.6. The number of nitrogens with zero attached hydrogens (tertiary/aromatic N) is 4. The lowest BCUT2D eigenvalue weighted by Crippen LogP contribution is -2.37. The Hall–Kier alpha value is -1.98. The first-order chi connectivity index (χ1) is 11.1. The summed E-state index contributed by atoms with van der Waals surface area (Å²) in [6.45, 7) is 6.73. The maximum absolute atomic E-state index is 12.6. The lowest BCUT2D eigenvalue weighted by atomic mass is 10.2. The normalized spacial score (nSPS) is 14.1. The third-order valence-corrected chi connectivity index (χ3v) is 4.12. The molecule has 0 radical (unpaired) electrons. The summed E-state index contributed by atoms with van der Waals surface area (Å²) >= 11 is 0. The SMILES string of the molecule is CCCCN(CCC(=O)N1CCCC1)C(=O)c1cnc(C)cn1. The molecule has 1 aromatic heterocycles. The molecule has 1 aliphatic heterocycles. The number of aryl methyl sites for hydroxylation is 1. The van der Waals surface area contributed by atoms with Crippen LogP contribution in [0.5, 0.6) is 0 Å². The van der Waals surface area contributed by atoms with Crippen LogP contribution in [-0.4, -0.2) is 57.8 Å². The van der Waals surface area contributed by atoms with Crippen LogP contribution in [0.2, 0.25) is 0 Å². The summed E-state index contributed by atoms with van der Waals surface area (Å²) in [6.07, 6.45) is 7.59. The van der Waals surface area contributed by atoms with Gasteiger partial charge in [-0.05, 0) is 26.2 Å². The predicted octanol–water partition coefficient (Wildman–Crippen LogP) is 2.04. The first-order valence-corrected chi connectivity index (χ1v) is 8.47. The van der Waals surface area contributed by atoms with Gasteiger partial charge in [0.25, 0.3) is 5.91 Å². The molecule has 0 aromatic carbocycles. The molecule has 2 amide bonds.